The van der Waals surface area contributed by atoms with Crippen molar-refractivity contribution in [2.45, 2.75) is 19.6 Å². The van der Waals surface area contributed by atoms with Crippen LogP contribution in [0.4, 0.5) is 23.2 Å². The second kappa shape index (κ2) is 12.4. The van der Waals surface area contributed by atoms with Gasteiger partial charge in [-0.1, -0.05) is 6.07 Å². The number of hydrogen-bond donors (Lipinski definition) is 1. The largest absolute Gasteiger partial charge is 0.465 e. The summed E-state index contributed by atoms with van der Waals surface area (Å²) in [6, 6.07) is 13.2. The minimum atomic E-state index is -1.06. The van der Waals surface area contributed by atoms with Crippen LogP contribution in [0.2, 0.25) is 0 Å². The minimum Gasteiger partial charge on any atom is -0.465 e. The van der Waals surface area contributed by atoms with Gasteiger partial charge in [0.1, 0.15) is 30.5 Å². The predicted octanol–water partition coefficient (Wildman–Crippen LogP) is 5.17. The van der Waals surface area contributed by atoms with Gasteiger partial charge in [-0.05, 0) is 67.4 Å². The van der Waals surface area contributed by atoms with Crippen molar-refractivity contribution in [2.75, 3.05) is 31.6 Å². The maximum Gasteiger partial charge on any atom is 0.325 e. The molecule has 0 bridgehead atoms. The van der Waals surface area contributed by atoms with Crippen LogP contribution in [0.25, 0.3) is 16.9 Å². The van der Waals surface area contributed by atoms with E-state index in [4.69, 9.17) is 9.47 Å². The summed E-state index contributed by atoms with van der Waals surface area (Å²) in [6.45, 7) is 1.68. The number of ether oxygens (including phenoxy) is 2. The maximum absolute atomic E-state index is 14.9. The summed E-state index contributed by atoms with van der Waals surface area (Å²) < 4.78 is 68.1. The molecule has 1 aliphatic heterocycles. The van der Waals surface area contributed by atoms with Crippen molar-refractivity contribution >= 4 is 17.6 Å². The van der Waals surface area contributed by atoms with E-state index in [1.165, 1.54) is 52.2 Å². The molecule has 0 spiro atoms. The number of aromatic nitrogens is 2. The standard InChI is InChI=1S/C30H26F4N4O4/c1-2-41-28(40)15-35-21-8-5-18(25(33)13-21)11-12-37-27(39)17-42-30(37)23-16-38(22-9-10-24(32)26(34)14-22)36-29(23)19-3-6-20(31)7-4-19/h3-10,13-14,16,30,35H,2,11-12,15,17H2,1H3. The highest BCUT2D eigenvalue weighted by molar-refractivity contribution is 5.80. The molecule has 1 fully saturated rings. The van der Waals surface area contributed by atoms with Crippen molar-refractivity contribution in [3.63, 3.8) is 0 Å². The van der Waals surface area contributed by atoms with Crippen molar-refractivity contribution in [3.8, 4) is 16.9 Å². The van der Waals surface area contributed by atoms with Gasteiger partial charge in [0.15, 0.2) is 17.9 Å². The first-order valence-electron chi connectivity index (χ1n) is 13.1. The molecular formula is C30H26F4N4O4. The summed E-state index contributed by atoms with van der Waals surface area (Å²) >= 11 is 0. The van der Waals surface area contributed by atoms with Gasteiger partial charge in [0.2, 0.25) is 0 Å². The number of esters is 1. The van der Waals surface area contributed by atoms with E-state index in [0.29, 0.717) is 28.1 Å². The van der Waals surface area contributed by atoms with Crippen molar-refractivity contribution in [2.24, 2.45) is 0 Å². The first-order chi connectivity index (χ1) is 20.2. The SMILES string of the molecule is CCOC(=O)CNc1ccc(CCN2C(=O)COC2c2cn(-c3ccc(F)c(F)c3)nc2-c2ccc(F)cc2)c(F)c1. The molecule has 8 nitrogen and oxygen atoms in total. The normalized spacial score (nSPS) is 14.8. The summed E-state index contributed by atoms with van der Waals surface area (Å²) in [6.07, 6.45) is 0.760. The Morgan fingerprint density at radius 2 is 1.81 bits per heavy atom. The maximum atomic E-state index is 14.9. The Labute approximate surface area is 238 Å². The van der Waals surface area contributed by atoms with E-state index in [0.717, 1.165) is 12.1 Å². The second-order valence-corrected chi connectivity index (χ2v) is 9.45. The van der Waals surface area contributed by atoms with E-state index in [9.17, 15) is 27.2 Å². The highest BCUT2D eigenvalue weighted by Gasteiger charge is 2.36. The van der Waals surface area contributed by atoms with E-state index >= 15 is 0 Å². The number of halogens is 4. The zero-order valence-electron chi connectivity index (χ0n) is 22.5. The fourth-order valence-corrected chi connectivity index (χ4v) is 4.60. The van der Waals surface area contributed by atoms with Crippen molar-refractivity contribution < 1.29 is 36.6 Å². The number of benzene rings is 3. The quantitative estimate of drug-likeness (QED) is 0.205. The minimum absolute atomic E-state index is 0.0925. The number of rotatable bonds is 10. The molecule has 12 heteroatoms. The summed E-state index contributed by atoms with van der Waals surface area (Å²) in [7, 11) is 0. The van der Waals surface area contributed by atoms with Crippen molar-refractivity contribution in [3.05, 3.63) is 101 Å². The number of anilines is 1. The Bertz CT molecular complexity index is 1610. The second-order valence-electron chi connectivity index (χ2n) is 9.45. The molecule has 3 aromatic carbocycles. The Morgan fingerprint density at radius 1 is 1.02 bits per heavy atom. The van der Waals surface area contributed by atoms with Crippen LogP contribution in [0.15, 0.2) is 66.9 Å². The van der Waals surface area contributed by atoms with E-state index < -0.39 is 35.5 Å². The zero-order chi connectivity index (χ0) is 29.8. The van der Waals surface area contributed by atoms with Gasteiger partial charge in [-0.3, -0.25) is 9.59 Å². The number of amides is 1. The molecule has 1 aliphatic rings. The monoisotopic (exact) mass is 582 g/mol. The Kier molecular flexibility index (Phi) is 8.53. The number of nitrogens with one attached hydrogen (secondary N) is 1. The van der Waals surface area contributed by atoms with Gasteiger partial charge in [-0.15, -0.1) is 0 Å². The molecule has 218 valence electrons. The molecule has 1 unspecified atom stereocenters. The van der Waals surface area contributed by atoms with Crippen LogP contribution in [0.5, 0.6) is 0 Å². The molecule has 1 saturated heterocycles. The van der Waals surface area contributed by atoms with Crippen LogP contribution in [-0.2, 0) is 25.5 Å². The molecule has 1 atom stereocenters. The third-order valence-electron chi connectivity index (χ3n) is 6.68. The van der Waals surface area contributed by atoms with Gasteiger partial charge in [0.25, 0.3) is 5.91 Å². The van der Waals surface area contributed by atoms with Crippen LogP contribution >= 0.6 is 0 Å². The summed E-state index contributed by atoms with van der Waals surface area (Å²) in [5, 5.41) is 7.33. The lowest BCUT2D eigenvalue weighted by molar-refractivity contribution is -0.141. The van der Waals surface area contributed by atoms with Crippen LogP contribution in [-0.4, -0.2) is 52.9 Å². The summed E-state index contributed by atoms with van der Waals surface area (Å²) in [4.78, 5) is 25.8. The van der Waals surface area contributed by atoms with Gasteiger partial charge in [0, 0.05) is 35.6 Å². The van der Waals surface area contributed by atoms with E-state index in [2.05, 4.69) is 10.4 Å². The fraction of sp³-hybridized carbons (Fsp3) is 0.233. The molecule has 0 saturated carbocycles. The zero-order valence-corrected chi connectivity index (χ0v) is 22.5. The molecule has 5 rings (SSSR count). The Hall–Kier alpha value is -4.71. The van der Waals surface area contributed by atoms with Crippen LogP contribution in [0.1, 0.15) is 24.3 Å². The van der Waals surface area contributed by atoms with Gasteiger partial charge in [0.05, 0.1) is 12.3 Å². The smallest absolute Gasteiger partial charge is 0.325 e. The lowest BCUT2D eigenvalue weighted by atomic mass is 10.1. The average Bonchev–Trinajstić information content (AvgIpc) is 3.57. The molecule has 1 N–H and O–H groups in total. The van der Waals surface area contributed by atoms with Gasteiger partial charge < -0.3 is 19.7 Å². The van der Waals surface area contributed by atoms with Gasteiger partial charge in [-0.25, -0.2) is 22.2 Å². The fourth-order valence-electron chi connectivity index (χ4n) is 4.60. The Balaban J connectivity index is 1.39. The summed E-state index contributed by atoms with van der Waals surface area (Å²) in [5.41, 5.74) is 2.23. The van der Waals surface area contributed by atoms with Crippen LogP contribution in [0, 0.1) is 23.3 Å². The molecule has 1 aromatic heterocycles. The first kappa shape index (κ1) is 28.8. The lowest BCUT2D eigenvalue weighted by Gasteiger charge is -2.23. The third kappa shape index (κ3) is 6.28. The number of hydrogen-bond acceptors (Lipinski definition) is 6. The van der Waals surface area contributed by atoms with Crippen molar-refractivity contribution in [1.29, 1.82) is 0 Å². The van der Waals surface area contributed by atoms with Crippen LogP contribution in [0.3, 0.4) is 0 Å². The van der Waals surface area contributed by atoms with Crippen LogP contribution < -0.4 is 5.32 Å². The topological polar surface area (TPSA) is 85.7 Å². The molecule has 0 radical (unpaired) electrons. The van der Waals surface area contributed by atoms with Gasteiger partial charge >= 0.3 is 5.97 Å². The lowest BCUT2D eigenvalue weighted by Crippen LogP contribution is -2.31. The van der Waals surface area contributed by atoms with E-state index in [1.54, 1.807) is 19.1 Å². The number of carbonyl (C=O) groups excluding carboxylic acids is 2. The van der Waals surface area contributed by atoms with E-state index in [1.807, 2.05) is 0 Å². The molecule has 2 heterocycles. The Morgan fingerprint density at radius 3 is 2.52 bits per heavy atom. The summed E-state index contributed by atoms with van der Waals surface area (Å²) in [5.74, 6) is -3.86. The first-order valence-corrected chi connectivity index (χ1v) is 13.1. The molecule has 1 amide bonds. The molecule has 42 heavy (non-hydrogen) atoms. The predicted molar refractivity (Wildman–Crippen MR) is 145 cm³/mol. The highest BCUT2D eigenvalue weighted by Crippen LogP contribution is 2.35. The number of nitrogens with zero attached hydrogens (tertiary/aromatic N) is 3. The van der Waals surface area contributed by atoms with Crippen molar-refractivity contribution in [1.82, 2.24) is 14.7 Å². The average molecular weight is 583 g/mol. The molecule has 4 aromatic rings. The number of carbonyl (C=O) groups is 2. The highest BCUT2D eigenvalue weighted by atomic mass is 19.2. The third-order valence-corrected chi connectivity index (χ3v) is 6.68. The molecular weight excluding hydrogens is 556 g/mol. The van der Waals surface area contributed by atoms with E-state index in [-0.39, 0.29) is 44.3 Å². The van der Waals surface area contributed by atoms with Gasteiger partial charge in [-0.2, -0.15) is 5.10 Å². The molecule has 0 aliphatic carbocycles.